The minimum absolute atomic E-state index is 0.139. The number of carbonyl (C=O) groups is 1. The highest BCUT2D eigenvalue weighted by Crippen LogP contribution is 2.24. The van der Waals surface area contributed by atoms with Crippen LogP contribution in [0.2, 0.25) is 0 Å². The number of fused-ring (bicyclic) bond motifs is 1. The van der Waals surface area contributed by atoms with Gasteiger partial charge in [0.1, 0.15) is 11.9 Å². The van der Waals surface area contributed by atoms with Crippen molar-refractivity contribution in [2.45, 2.75) is 31.3 Å². The van der Waals surface area contributed by atoms with E-state index in [4.69, 9.17) is 5.26 Å². The number of likely N-dealkylation sites (N-methyl/N-ethyl adjacent to an activating group) is 1. The van der Waals surface area contributed by atoms with Crippen LogP contribution in [0.5, 0.6) is 0 Å². The smallest absolute Gasteiger partial charge is 0.263 e. The summed E-state index contributed by atoms with van der Waals surface area (Å²) in [5, 5.41) is 9.04. The Kier molecular flexibility index (Phi) is 5.71. The lowest BCUT2D eigenvalue weighted by atomic mass is 10.0. The summed E-state index contributed by atoms with van der Waals surface area (Å²) in [5.41, 5.74) is 1.83. The lowest BCUT2D eigenvalue weighted by Crippen LogP contribution is -2.39. The lowest BCUT2D eigenvalue weighted by molar-refractivity contribution is -0.132. The molecule has 1 aliphatic heterocycles. The van der Waals surface area contributed by atoms with E-state index >= 15 is 0 Å². The summed E-state index contributed by atoms with van der Waals surface area (Å²) in [6, 6.07) is 15.0. The Hall–Kier alpha value is -3.18. The van der Waals surface area contributed by atoms with E-state index < -0.39 is 16.1 Å². The minimum atomic E-state index is -3.66. The van der Waals surface area contributed by atoms with Gasteiger partial charge in [-0.1, -0.05) is 38.1 Å². The number of hydrogen-bond donors (Lipinski definition) is 1. The van der Waals surface area contributed by atoms with E-state index in [0.717, 1.165) is 5.56 Å². The Bertz CT molecular complexity index is 1120. The van der Waals surface area contributed by atoms with E-state index in [0.29, 0.717) is 17.7 Å². The first-order valence-electron chi connectivity index (χ1n) is 9.17. The van der Waals surface area contributed by atoms with Gasteiger partial charge in [0.25, 0.3) is 10.0 Å². The fourth-order valence-corrected chi connectivity index (χ4v) is 4.41. The number of hydrogen-bond acceptors (Lipinski definition) is 5. The van der Waals surface area contributed by atoms with Crippen molar-refractivity contribution in [3.63, 3.8) is 0 Å². The van der Waals surface area contributed by atoms with Crippen molar-refractivity contribution in [3.05, 3.63) is 65.2 Å². The number of rotatable bonds is 5. The molecule has 29 heavy (non-hydrogen) atoms. The second-order valence-corrected chi connectivity index (χ2v) is 8.93. The third-order valence-corrected chi connectivity index (χ3v) is 6.06. The highest BCUT2D eigenvalue weighted by molar-refractivity contribution is 7.90. The third kappa shape index (κ3) is 4.30. The number of aliphatic imine (C=N–C) groups is 1. The second-order valence-electron chi connectivity index (χ2n) is 7.27. The van der Waals surface area contributed by atoms with Crippen LogP contribution in [0.3, 0.4) is 0 Å². The molecule has 8 heteroatoms. The monoisotopic (exact) mass is 410 g/mol. The molecule has 0 aliphatic carbocycles. The fourth-order valence-electron chi connectivity index (χ4n) is 3.18. The maximum Gasteiger partial charge on any atom is 0.263 e. The number of nitrogens with zero attached hydrogens (tertiary/aromatic N) is 3. The van der Waals surface area contributed by atoms with Crippen LogP contribution in [0, 0.1) is 17.2 Å². The summed E-state index contributed by atoms with van der Waals surface area (Å²) in [5.74, 6) is -0.175. The van der Waals surface area contributed by atoms with Crippen molar-refractivity contribution in [1.82, 2.24) is 9.62 Å². The molecule has 0 saturated heterocycles. The number of nitriles is 1. The standard InChI is InChI=1S/C21H22N4O3S/c1-14(2)19(21(26)25(3)13-16-8-6-7-15(11-16)12-22)23-20-17-9-4-5-10-18(17)29(27,28)24-20/h4-11,14,19H,13H2,1-3H3,(H,23,24)/t19-/m0/s1. The van der Waals surface area contributed by atoms with Crippen molar-refractivity contribution >= 4 is 21.8 Å². The van der Waals surface area contributed by atoms with Crippen LogP contribution in [-0.4, -0.2) is 38.2 Å². The number of benzene rings is 2. The molecule has 1 aliphatic rings. The molecule has 150 valence electrons. The summed E-state index contributed by atoms with van der Waals surface area (Å²) in [6.45, 7) is 4.06. The SMILES string of the molecule is CC(C)[C@H](N=C1NS(=O)(=O)c2ccccc21)C(=O)N(C)Cc1cccc(C#N)c1. The second kappa shape index (κ2) is 8.05. The Morgan fingerprint density at radius 3 is 2.62 bits per heavy atom. The molecule has 7 nitrogen and oxygen atoms in total. The molecule has 0 saturated carbocycles. The fraction of sp³-hybridized carbons (Fsp3) is 0.286. The average Bonchev–Trinajstić information content (AvgIpc) is 2.96. The molecule has 0 radical (unpaired) electrons. The molecule has 0 bridgehead atoms. The Balaban J connectivity index is 1.87. The van der Waals surface area contributed by atoms with Crippen molar-refractivity contribution in [1.29, 1.82) is 5.26 Å². The van der Waals surface area contributed by atoms with Crippen molar-refractivity contribution in [3.8, 4) is 6.07 Å². The third-order valence-electron chi connectivity index (χ3n) is 4.67. The number of amidine groups is 1. The van der Waals surface area contributed by atoms with Crippen LogP contribution in [0.15, 0.2) is 58.4 Å². The van der Waals surface area contributed by atoms with Gasteiger partial charge in [-0.25, -0.2) is 8.42 Å². The van der Waals surface area contributed by atoms with Gasteiger partial charge in [-0.2, -0.15) is 5.26 Å². The van der Waals surface area contributed by atoms with Gasteiger partial charge in [0.15, 0.2) is 0 Å². The molecule has 2 aromatic carbocycles. The normalized spacial score (nSPS) is 16.7. The number of sulfonamides is 1. The Morgan fingerprint density at radius 1 is 1.21 bits per heavy atom. The molecule has 3 rings (SSSR count). The molecule has 1 amide bonds. The van der Waals surface area contributed by atoms with Crippen LogP contribution >= 0.6 is 0 Å². The number of amides is 1. The van der Waals surface area contributed by atoms with Crippen LogP contribution in [0.1, 0.15) is 30.5 Å². The molecule has 2 aromatic rings. The summed E-state index contributed by atoms with van der Waals surface area (Å²) < 4.78 is 27.1. The zero-order valence-electron chi connectivity index (χ0n) is 16.5. The average molecular weight is 410 g/mol. The molecule has 0 aromatic heterocycles. The lowest BCUT2D eigenvalue weighted by Gasteiger charge is -2.24. The van der Waals surface area contributed by atoms with Crippen LogP contribution in [0.25, 0.3) is 0 Å². The molecular formula is C21H22N4O3S. The topological polar surface area (TPSA) is 103 Å². The quantitative estimate of drug-likeness (QED) is 0.817. The summed E-state index contributed by atoms with van der Waals surface area (Å²) >= 11 is 0. The van der Waals surface area contributed by atoms with Crippen LogP contribution in [0.4, 0.5) is 0 Å². The van der Waals surface area contributed by atoms with Gasteiger partial charge in [0.05, 0.1) is 16.5 Å². The van der Waals surface area contributed by atoms with Crippen molar-refractivity contribution in [2.24, 2.45) is 10.9 Å². The highest BCUT2D eigenvalue weighted by atomic mass is 32.2. The van der Waals surface area contributed by atoms with Gasteiger partial charge in [-0.3, -0.25) is 14.5 Å². The maximum absolute atomic E-state index is 13.1. The largest absolute Gasteiger partial charge is 0.340 e. The zero-order valence-corrected chi connectivity index (χ0v) is 17.3. The Morgan fingerprint density at radius 2 is 1.93 bits per heavy atom. The van der Waals surface area contributed by atoms with E-state index in [1.54, 1.807) is 48.3 Å². The van der Waals surface area contributed by atoms with Crippen molar-refractivity contribution < 1.29 is 13.2 Å². The van der Waals surface area contributed by atoms with Gasteiger partial charge >= 0.3 is 0 Å². The first-order valence-corrected chi connectivity index (χ1v) is 10.7. The predicted octanol–water partition coefficient (Wildman–Crippen LogP) is 2.28. The molecule has 0 fully saturated rings. The van der Waals surface area contributed by atoms with E-state index in [-0.39, 0.29) is 22.6 Å². The highest BCUT2D eigenvalue weighted by Gasteiger charge is 2.33. The van der Waals surface area contributed by atoms with Gasteiger partial charge < -0.3 is 4.90 Å². The molecule has 0 spiro atoms. The summed E-state index contributed by atoms with van der Waals surface area (Å²) in [7, 11) is -1.99. The molecule has 1 heterocycles. The minimum Gasteiger partial charge on any atom is -0.340 e. The maximum atomic E-state index is 13.1. The Labute approximate surface area is 170 Å². The van der Waals surface area contributed by atoms with Gasteiger partial charge in [-0.15, -0.1) is 0 Å². The van der Waals surface area contributed by atoms with Crippen LogP contribution < -0.4 is 4.72 Å². The first kappa shape index (κ1) is 20.6. The van der Waals surface area contributed by atoms with Crippen LogP contribution in [-0.2, 0) is 21.4 Å². The zero-order chi connectivity index (χ0) is 21.2. The van der Waals surface area contributed by atoms with Gasteiger partial charge in [0, 0.05) is 19.2 Å². The summed E-state index contributed by atoms with van der Waals surface area (Å²) in [4.78, 5) is 19.3. The number of carbonyl (C=O) groups excluding carboxylic acids is 1. The molecule has 1 N–H and O–H groups in total. The first-order chi connectivity index (χ1) is 13.7. The van der Waals surface area contributed by atoms with Gasteiger partial charge in [0.2, 0.25) is 5.91 Å². The van der Waals surface area contributed by atoms with Crippen molar-refractivity contribution in [2.75, 3.05) is 7.05 Å². The van der Waals surface area contributed by atoms with Gasteiger partial charge in [-0.05, 0) is 35.7 Å². The van der Waals surface area contributed by atoms with E-state index in [1.165, 1.54) is 6.07 Å². The molecule has 0 unspecified atom stereocenters. The number of nitrogens with one attached hydrogen (secondary N) is 1. The molecule has 1 atom stereocenters. The predicted molar refractivity (Wildman–Crippen MR) is 110 cm³/mol. The van der Waals surface area contributed by atoms with E-state index in [1.807, 2.05) is 19.9 Å². The van der Waals surface area contributed by atoms with E-state index in [9.17, 15) is 13.2 Å². The molecular weight excluding hydrogens is 388 g/mol. The van der Waals surface area contributed by atoms with E-state index in [2.05, 4.69) is 15.8 Å². The summed E-state index contributed by atoms with van der Waals surface area (Å²) in [6.07, 6.45) is 0.